The van der Waals surface area contributed by atoms with Gasteiger partial charge in [0.25, 0.3) is 0 Å². The molecular weight excluding hydrogens is 362 g/mol. The zero-order chi connectivity index (χ0) is 20.4. The molecule has 0 bridgehead atoms. The van der Waals surface area contributed by atoms with E-state index < -0.39 is 35.4 Å². The summed E-state index contributed by atoms with van der Waals surface area (Å²) in [7, 11) is 1.50. The van der Waals surface area contributed by atoms with Crippen molar-refractivity contribution in [2.45, 2.75) is 38.5 Å². The van der Waals surface area contributed by atoms with E-state index in [1.54, 1.807) is 6.92 Å². The highest BCUT2D eigenvalue weighted by Crippen LogP contribution is 2.54. The fourth-order valence-electron chi connectivity index (χ4n) is 4.93. The summed E-state index contributed by atoms with van der Waals surface area (Å²) < 4.78 is 5.03. The number of nitrogens with one attached hydrogen (secondary N) is 2. The number of hydrogen-bond donors (Lipinski definition) is 3. The normalized spacial score (nSPS) is 32.1. The molecule has 1 spiro atoms. The lowest BCUT2D eigenvalue weighted by Gasteiger charge is -2.30. The van der Waals surface area contributed by atoms with Crippen LogP contribution in [0.5, 0.6) is 0 Å². The molecule has 1 aromatic carbocycles. The lowest BCUT2D eigenvalue weighted by atomic mass is 9.76. The molecule has 0 saturated carbocycles. The standard InChI is InChI=1S/C20H25N3O5/c1-9-5-6-12-15(10(9)2)21-19(27)20(12)14-13(16(22-20)11(3)24)17(25)23(18(14)26)7-8-28-4/h5-6,11,13-14,16,22,24H,7-8H2,1-4H3,(H,21,27). The fourth-order valence-corrected chi connectivity index (χ4v) is 4.93. The molecule has 2 fully saturated rings. The number of nitrogens with zero attached hydrogens (tertiary/aromatic N) is 1. The second kappa shape index (κ2) is 6.37. The topological polar surface area (TPSA) is 108 Å². The molecule has 0 aromatic heterocycles. The lowest BCUT2D eigenvalue weighted by Crippen LogP contribution is -2.55. The van der Waals surface area contributed by atoms with Gasteiger partial charge in [0.15, 0.2) is 0 Å². The number of benzene rings is 1. The Labute approximate surface area is 163 Å². The van der Waals surface area contributed by atoms with Gasteiger partial charge in [0.1, 0.15) is 5.54 Å². The molecule has 8 nitrogen and oxygen atoms in total. The van der Waals surface area contributed by atoms with Crippen molar-refractivity contribution in [1.29, 1.82) is 0 Å². The quantitative estimate of drug-likeness (QED) is 0.630. The monoisotopic (exact) mass is 387 g/mol. The third-order valence-corrected chi connectivity index (χ3v) is 6.49. The molecule has 5 unspecified atom stereocenters. The Kier molecular flexibility index (Phi) is 4.33. The van der Waals surface area contributed by atoms with Gasteiger partial charge in [-0.1, -0.05) is 12.1 Å². The number of aliphatic hydroxyl groups is 1. The zero-order valence-corrected chi connectivity index (χ0v) is 16.4. The molecule has 1 aromatic rings. The molecule has 3 N–H and O–H groups in total. The molecule has 3 aliphatic heterocycles. The maximum atomic E-state index is 13.3. The van der Waals surface area contributed by atoms with E-state index in [1.165, 1.54) is 12.0 Å². The number of aryl methyl sites for hydroxylation is 1. The summed E-state index contributed by atoms with van der Waals surface area (Å²) in [6, 6.07) is 3.04. The Morgan fingerprint density at radius 1 is 1.25 bits per heavy atom. The highest BCUT2D eigenvalue weighted by molar-refractivity contribution is 6.15. The van der Waals surface area contributed by atoms with Crippen molar-refractivity contribution in [2.24, 2.45) is 11.8 Å². The van der Waals surface area contributed by atoms with Gasteiger partial charge in [0.05, 0.1) is 31.1 Å². The van der Waals surface area contributed by atoms with Gasteiger partial charge in [-0.05, 0) is 31.9 Å². The molecule has 3 amide bonds. The van der Waals surface area contributed by atoms with Crippen molar-refractivity contribution in [3.05, 3.63) is 28.8 Å². The Morgan fingerprint density at radius 3 is 2.61 bits per heavy atom. The van der Waals surface area contributed by atoms with Gasteiger partial charge in [-0.15, -0.1) is 0 Å². The number of carbonyl (C=O) groups excluding carboxylic acids is 3. The van der Waals surface area contributed by atoms with Crippen molar-refractivity contribution in [3.63, 3.8) is 0 Å². The van der Waals surface area contributed by atoms with Gasteiger partial charge >= 0.3 is 0 Å². The molecule has 4 rings (SSSR count). The number of methoxy groups -OCH3 is 1. The van der Waals surface area contributed by atoms with Crippen LogP contribution in [0.4, 0.5) is 5.69 Å². The Bertz CT molecular complexity index is 883. The summed E-state index contributed by atoms with van der Waals surface area (Å²) in [5.74, 6) is -2.83. The van der Waals surface area contributed by atoms with Crippen molar-refractivity contribution in [3.8, 4) is 0 Å². The summed E-state index contributed by atoms with van der Waals surface area (Å²) >= 11 is 0. The molecule has 150 valence electrons. The van der Waals surface area contributed by atoms with E-state index in [0.717, 1.165) is 11.1 Å². The number of rotatable bonds is 4. The summed E-state index contributed by atoms with van der Waals surface area (Å²) in [5, 5.41) is 16.5. The van der Waals surface area contributed by atoms with Crippen molar-refractivity contribution in [1.82, 2.24) is 10.2 Å². The first-order valence-electron chi connectivity index (χ1n) is 9.47. The van der Waals surface area contributed by atoms with E-state index >= 15 is 0 Å². The molecule has 28 heavy (non-hydrogen) atoms. The van der Waals surface area contributed by atoms with Crippen LogP contribution in [-0.2, 0) is 24.7 Å². The van der Waals surface area contributed by atoms with Crippen molar-refractivity contribution in [2.75, 3.05) is 25.6 Å². The van der Waals surface area contributed by atoms with Crippen molar-refractivity contribution >= 4 is 23.4 Å². The number of ether oxygens (including phenoxy) is 1. The first-order chi connectivity index (χ1) is 13.3. The molecule has 2 saturated heterocycles. The minimum atomic E-state index is -1.37. The van der Waals surface area contributed by atoms with Crippen LogP contribution in [0.15, 0.2) is 12.1 Å². The Balaban J connectivity index is 1.88. The van der Waals surface area contributed by atoms with Crippen LogP contribution in [0, 0.1) is 25.7 Å². The van der Waals surface area contributed by atoms with Gasteiger partial charge in [-0.25, -0.2) is 0 Å². The highest BCUT2D eigenvalue weighted by atomic mass is 16.5. The van der Waals surface area contributed by atoms with E-state index in [1.807, 2.05) is 26.0 Å². The van der Waals surface area contributed by atoms with Crippen LogP contribution in [0.3, 0.4) is 0 Å². The number of aliphatic hydroxyl groups excluding tert-OH is 1. The van der Waals surface area contributed by atoms with E-state index in [9.17, 15) is 19.5 Å². The summed E-state index contributed by atoms with van der Waals surface area (Å²) in [4.78, 5) is 40.8. The number of carbonyl (C=O) groups is 3. The van der Waals surface area contributed by atoms with E-state index in [2.05, 4.69) is 10.6 Å². The van der Waals surface area contributed by atoms with E-state index in [4.69, 9.17) is 4.74 Å². The maximum Gasteiger partial charge on any atom is 0.250 e. The molecule has 3 heterocycles. The molecule has 8 heteroatoms. The number of hydrogen-bond acceptors (Lipinski definition) is 6. The van der Waals surface area contributed by atoms with E-state index in [0.29, 0.717) is 11.3 Å². The first-order valence-corrected chi connectivity index (χ1v) is 9.47. The molecule has 5 atom stereocenters. The SMILES string of the molecule is COCCN1C(=O)C2C(C(C)O)NC3(C(=O)Nc4c3ccc(C)c4C)C2C1=O. The number of fused-ring (bicyclic) bond motifs is 4. The number of likely N-dealkylation sites (tertiary alicyclic amines) is 1. The largest absolute Gasteiger partial charge is 0.392 e. The van der Waals surface area contributed by atoms with Gasteiger partial charge in [0, 0.05) is 24.4 Å². The smallest absolute Gasteiger partial charge is 0.250 e. The summed E-state index contributed by atoms with van der Waals surface area (Å²) in [6.45, 7) is 5.78. The zero-order valence-electron chi connectivity index (χ0n) is 16.4. The molecule has 3 aliphatic rings. The van der Waals surface area contributed by atoms with E-state index in [-0.39, 0.29) is 25.0 Å². The van der Waals surface area contributed by atoms with Gasteiger partial charge in [0.2, 0.25) is 17.7 Å². The molecule has 0 aliphatic carbocycles. The second-order valence-corrected chi connectivity index (χ2v) is 7.93. The summed E-state index contributed by atoms with van der Waals surface area (Å²) in [6.07, 6.45) is -0.908. The fraction of sp³-hybridized carbons (Fsp3) is 0.550. The van der Waals surface area contributed by atoms with Gasteiger partial charge < -0.3 is 15.2 Å². The third kappa shape index (κ3) is 2.25. The Hall–Kier alpha value is -2.29. The van der Waals surface area contributed by atoms with Crippen LogP contribution in [0.2, 0.25) is 0 Å². The third-order valence-electron chi connectivity index (χ3n) is 6.49. The van der Waals surface area contributed by atoms with Crippen LogP contribution in [-0.4, -0.2) is 60.1 Å². The van der Waals surface area contributed by atoms with Gasteiger partial charge in [-0.2, -0.15) is 0 Å². The van der Waals surface area contributed by atoms with Crippen LogP contribution in [0.1, 0.15) is 23.6 Å². The first kappa shape index (κ1) is 19.0. The number of amides is 3. The Morgan fingerprint density at radius 2 is 1.96 bits per heavy atom. The average molecular weight is 387 g/mol. The van der Waals surface area contributed by atoms with Crippen LogP contribution < -0.4 is 10.6 Å². The minimum absolute atomic E-state index is 0.130. The highest BCUT2D eigenvalue weighted by Gasteiger charge is 2.71. The molecule has 0 radical (unpaired) electrons. The van der Waals surface area contributed by atoms with Crippen molar-refractivity contribution < 1.29 is 24.2 Å². The second-order valence-electron chi connectivity index (χ2n) is 7.93. The molecular formula is C20H25N3O5. The maximum absolute atomic E-state index is 13.3. The number of imide groups is 1. The number of anilines is 1. The minimum Gasteiger partial charge on any atom is -0.392 e. The average Bonchev–Trinajstić information content (AvgIpc) is 3.23. The van der Waals surface area contributed by atoms with Crippen LogP contribution >= 0.6 is 0 Å². The summed E-state index contributed by atoms with van der Waals surface area (Å²) in [5.41, 5.74) is 1.92. The lowest BCUT2D eigenvalue weighted by molar-refractivity contribution is -0.143. The van der Waals surface area contributed by atoms with Crippen LogP contribution in [0.25, 0.3) is 0 Å². The predicted molar refractivity (Wildman–Crippen MR) is 100 cm³/mol. The predicted octanol–water partition coefficient (Wildman–Crippen LogP) is 0.0510. The van der Waals surface area contributed by atoms with Gasteiger partial charge in [-0.3, -0.25) is 24.6 Å².